The van der Waals surface area contributed by atoms with Crippen LogP contribution in [-0.2, 0) is 0 Å². The number of fused-ring (bicyclic) bond motifs is 2. The van der Waals surface area contributed by atoms with Gasteiger partial charge < -0.3 is 0 Å². The van der Waals surface area contributed by atoms with Gasteiger partial charge in [-0.25, -0.2) is 0 Å². The number of benzene rings is 4. The molecule has 4 aromatic carbocycles. The Labute approximate surface area is 202 Å². The Bertz CT molecular complexity index is 1500. The van der Waals surface area contributed by atoms with Gasteiger partial charge in [0, 0.05) is 5.31 Å². The van der Waals surface area contributed by atoms with Crippen molar-refractivity contribution in [1.82, 2.24) is 0 Å². The molecule has 4 aromatic rings. The summed E-state index contributed by atoms with van der Waals surface area (Å²) in [7, 11) is -0.744. The molecule has 162 valence electrons. The van der Waals surface area contributed by atoms with E-state index < -0.39 is 7.92 Å². The highest BCUT2D eigenvalue weighted by Gasteiger charge is 2.26. The van der Waals surface area contributed by atoms with Crippen LogP contribution < -0.4 is 21.0 Å². The van der Waals surface area contributed by atoms with Gasteiger partial charge in [0.2, 0.25) is 0 Å². The number of allylic oxidation sites excluding steroid dienone is 6. The molecular formula is C33H25P. The third-order valence-corrected chi connectivity index (χ3v) is 9.02. The van der Waals surface area contributed by atoms with Gasteiger partial charge in [0.15, 0.2) is 0 Å². The first-order chi connectivity index (χ1) is 16.9. The van der Waals surface area contributed by atoms with Crippen LogP contribution in [0.25, 0.3) is 10.9 Å². The summed E-state index contributed by atoms with van der Waals surface area (Å²) in [5, 5.41) is 6.86. The Balaban J connectivity index is 1.78. The van der Waals surface area contributed by atoms with Gasteiger partial charge >= 0.3 is 0 Å². The summed E-state index contributed by atoms with van der Waals surface area (Å²) in [6.45, 7) is 0. The fraction of sp³-hybridized carbons (Fsp3) is 0.0303. The van der Waals surface area contributed by atoms with E-state index in [4.69, 9.17) is 0 Å². The Morgan fingerprint density at radius 2 is 1.12 bits per heavy atom. The second kappa shape index (κ2) is 9.26. The lowest BCUT2D eigenvalue weighted by Crippen LogP contribution is -2.30. The molecule has 2 aliphatic carbocycles. The maximum Gasteiger partial charge on any atom is 0.000303 e. The zero-order chi connectivity index (χ0) is 22.7. The Morgan fingerprint density at radius 3 is 1.76 bits per heavy atom. The average molecular weight is 453 g/mol. The minimum Gasteiger partial charge on any atom is -0.0801 e. The van der Waals surface area contributed by atoms with Crippen LogP contribution in [0.1, 0.15) is 12.0 Å². The van der Waals surface area contributed by atoms with Crippen LogP contribution in [0.2, 0.25) is 0 Å². The van der Waals surface area contributed by atoms with Crippen LogP contribution in [0.15, 0.2) is 151 Å². The molecule has 0 saturated carbocycles. The van der Waals surface area contributed by atoms with E-state index in [9.17, 15) is 0 Å². The van der Waals surface area contributed by atoms with Gasteiger partial charge in [0.25, 0.3) is 0 Å². The van der Waals surface area contributed by atoms with E-state index in [1.165, 1.54) is 48.6 Å². The quantitative estimate of drug-likeness (QED) is 0.336. The molecule has 0 bridgehead atoms. The van der Waals surface area contributed by atoms with E-state index in [0.717, 1.165) is 6.42 Å². The molecule has 0 N–H and O–H groups in total. The zero-order valence-corrected chi connectivity index (χ0v) is 19.8. The van der Waals surface area contributed by atoms with Crippen molar-refractivity contribution in [1.29, 1.82) is 0 Å². The molecule has 0 amide bonds. The fourth-order valence-electron chi connectivity index (χ4n) is 4.92. The minimum atomic E-state index is -0.744. The summed E-state index contributed by atoms with van der Waals surface area (Å²) >= 11 is 0. The molecule has 0 heterocycles. The molecule has 0 radical (unpaired) electrons. The molecule has 0 spiro atoms. The smallest absolute Gasteiger partial charge is 0.000303 e. The second-order valence-corrected chi connectivity index (χ2v) is 10.7. The first kappa shape index (κ1) is 20.8. The predicted molar refractivity (Wildman–Crippen MR) is 147 cm³/mol. The molecule has 0 aliphatic heterocycles. The third kappa shape index (κ3) is 3.81. The van der Waals surface area contributed by atoms with Crippen molar-refractivity contribution in [2.75, 3.05) is 0 Å². The van der Waals surface area contributed by atoms with Crippen molar-refractivity contribution in [3.05, 3.63) is 167 Å². The Hall–Kier alpha value is -3.73. The molecular weight excluding hydrogens is 427 g/mol. The van der Waals surface area contributed by atoms with Crippen molar-refractivity contribution >= 4 is 29.4 Å². The van der Waals surface area contributed by atoms with Gasteiger partial charge in [-0.3, -0.25) is 0 Å². The summed E-state index contributed by atoms with van der Waals surface area (Å²) < 4.78 is 0. The van der Waals surface area contributed by atoms with Crippen LogP contribution in [-0.4, -0.2) is 0 Å². The highest BCUT2D eigenvalue weighted by molar-refractivity contribution is 7.82. The van der Waals surface area contributed by atoms with Crippen LogP contribution >= 0.6 is 7.92 Å². The average Bonchev–Trinajstić information content (AvgIpc) is 3.06. The second-order valence-electron chi connectivity index (χ2n) is 8.56. The predicted octanol–water partition coefficient (Wildman–Crippen LogP) is 5.95. The fourth-order valence-corrected chi connectivity index (χ4v) is 7.57. The number of hydrogen-bond donors (Lipinski definition) is 0. The van der Waals surface area contributed by atoms with E-state index in [1.807, 2.05) is 0 Å². The summed E-state index contributed by atoms with van der Waals surface area (Å²) in [6.07, 6.45) is 10.2. The summed E-state index contributed by atoms with van der Waals surface area (Å²) in [4.78, 5) is 0. The van der Waals surface area contributed by atoms with Gasteiger partial charge in [0.1, 0.15) is 0 Å². The molecule has 0 unspecified atom stereocenters. The minimum absolute atomic E-state index is 0.744. The maximum atomic E-state index is 2.43. The van der Waals surface area contributed by atoms with Crippen molar-refractivity contribution in [3.8, 4) is 0 Å². The molecule has 1 heteroatoms. The van der Waals surface area contributed by atoms with E-state index in [2.05, 4.69) is 140 Å². The highest BCUT2D eigenvalue weighted by Crippen LogP contribution is 2.50. The standard InChI is InChI=1S/C33H25P/c1-4-14-25(15-5-1)32-24-26-16-10-11-21-29(26)33(31-23-13-12-22-30(31)32)34(27-17-6-2-7-18-27)28-19-8-3-9-20-28/h1-15,17-24H,16H2. The van der Waals surface area contributed by atoms with E-state index >= 15 is 0 Å². The normalized spacial score (nSPS) is 14.7. The first-order valence-electron chi connectivity index (χ1n) is 11.8. The van der Waals surface area contributed by atoms with Gasteiger partial charge in [-0.1, -0.05) is 133 Å². The maximum absolute atomic E-state index is 2.43. The van der Waals surface area contributed by atoms with Crippen LogP contribution in [0.4, 0.5) is 0 Å². The zero-order valence-electron chi connectivity index (χ0n) is 18.9. The van der Waals surface area contributed by atoms with Gasteiger partial charge in [-0.15, -0.1) is 0 Å². The van der Waals surface area contributed by atoms with Crippen molar-refractivity contribution in [2.24, 2.45) is 0 Å². The Kier molecular flexibility index (Phi) is 5.68. The summed E-state index contributed by atoms with van der Waals surface area (Å²) in [5.41, 5.74) is 5.34. The molecule has 0 nitrogen and oxygen atoms in total. The third-order valence-electron chi connectivity index (χ3n) is 6.47. The largest absolute Gasteiger partial charge is 0.0801 e. The van der Waals surface area contributed by atoms with Crippen LogP contribution in [0, 0.1) is 0 Å². The monoisotopic (exact) mass is 452 g/mol. The van der Waals surface area contributed by atoms with Gasteiger partial charge in [0.05, 0.1) is 0 Å². The highest BCUT2D eigenvalue weighted by atomic mass is 31.1. The molecule has 6 rings (SSSR count). The van der Waals surface area contributed by atoms with Crippen molar-refractivity contribution in [3.63, 3.8) is 0 Å². The van der Waals surface area contributed by atoms with Crippen LogP contribution in [0.5, 0.6) is 0 Å². The summed E-state index contributed by atoms with van der Waals surface area (Å²) in [5.74, 6) is 0. The lowest BCUT2D eigenvalue weighted by Gasteiger charge is -2.26. The molecule has 0 saturated heterocycles. The number of rotatable bonds is 4. The molecule has 0 atom stereocenters. The SMILES string of the molecule is C1=CCC2=CC(c3ccccc3)=c3ccccc3=C(P(c3ccccc3)c3ccccc3)C2=C1. The van der Waals surface area contributed by atoms with Crippen molar-refractivity contribution < 1.29 is 0 Å². The van der Waals surface area contributed by atoms with Crippen LogP contribution in [0.3, 0.4) is 0 Å². The molecule has 2 aliphatic rings. The van der Waals surface area contributed by atoms with E-state index in [1.54, 1.807) is 0 Å². The van der Waals surface area contributed by atoms with Crippen molar-refractivity contribution in [2.45, 2.75) is 6.42 Å². The molecule has 34 heavy (non-hydrogen) atoms. The first-order valence-corrected chi connectivity index (χ1v) is 13.1. The molecule has 0 aromatic heterocycles. The molecule has 0 fully saturated rings. The van der Waals surface area contributed by atoms with Gasteiger partial charge in [-0.05, 0) is 63.7 Å². The van der Waals surface area contributed by atoms with E-state index in [0.29, 0.717) is 0 Å². The summed E-state index contributed by atoms with van der Waals surface area (Å²) in [6, 6.07) is 41.9. The lowest BCUT2D eigenvalue weighted by atomic mass is 9.95. The lowest BCUT2D eigenvalue weighted by molar-refractivity contribution is 1.23. The van der Waals surface area contributed by atoms with E-state index in [-0.39, 0.29) is 0 Å². The topological polar surface area (TPSA) is 0 Å². The van der Waals surface area contributed by atoms with Gasteiger partial charge in [-0.2, -0.15) is 0 Å². The Morgan fingerprint density at radius 1 is 0.559 bits per heavy atom. The number of hydrogen-bond acceptors (Lipinski definition) is 0.